The fraction of sp³-hybridized carbons (Fsp3) is 0.500. The SMILES string of the molecule is CC(C)c1c(Cl)ncnc1NC(C)c1nncn1C. The smallest absolute Gasteiger partial charge is 0.154 e. The third-order valence-corrected chi connectivity index (χ3v) is 3.20. The molecule has 0 radical (unpaired) electrons. The number of anilines is 1. The molecule has 2 aromatic heterocycles. The summed E-state index contributed by atoms with van der Waals surface area (Å²) in [5.41, 5.74) is 0.915. The van der Waals surface area contributed by atoms with Gasteiger partial charge in [0.05, 0.1) is 6.04 Å². The molecule has 1 N–H and O–H groups in total. The van der Waals surface area contributed by atoms with Crippen molar-refractivity contribution in [2.45, 2.75) is 32.7 Å². The summed E-state index contributed by atoms with van der Waals surface area (Å²) in [6.45, 7) is 6.12. The topological polar surface area (TPSA) is 68.5 Å². The van der Waals surface area contributed by atoms with E-state index in [-0.39, 0.29) is 12.0 Å². The van der Waals surface area contributed by atoms with Gasteiger partial charge in [-0.25, -0.2) is 9.97 Å². The van der Waals surface area contributed by atoms with Crippen molar-refractivity contribution in [1.29, 1.82) is 0 Å². The van der Waals surface area contributed by atoms with Crippen LogP contribution in [0.4, 0.5) is 5.82 Å². The van der Waals surface area contributed by atoms with Gasteiger partial charge in [-0.05, 0) is 12.8 Å². The van der Waals surface area contributed by atoms with Crippen molar-refractivity contribution in [2.24, 2.45) is 7.05 Å². The van der Waals surface area contributed by atoms with Gasteiger partial charge in [0.1, 0.15) is 23.6 Å². The first kappa shape index (κ1) is 13.7. The molecular weight excluding hydrogens is 264 g/mol. The molecule has 19 heavy (non-hydrogen) atoms. The summed E-state index contributed by atoms with van der Waals surface area (Å²) in [5.74, 6) is 1.82. The van der Waals surface area contributed by atoms with Crippen LogP contribution in [0.2, 0.25) is 5.15 Å². The summed E-state index contributed by atoms with van der Waals surface area (Å²) < 4.78 is 1.87. The molecule has 2 rings (SSSR count). The Morgan fingerprint density at radius 3 is 2.58 bits per heavy atom. The van der Waals surface area contributed by atoms with Gasteiger partial charge >= 0.3 is 0 Å². The largest absolute Gasteiger partial charge is 0.360 e. The van der Waals surface area contributed by atoms with Crippen LogP contribution >= 0.6 is 11.6 Å². The Morgan fingerprint density at radius 1 is 1.26 bits per heavy atom. The Morgan fingerprint density at radius 2 is 2.00 bits per heavy atom. The van der Waals surface area contributed by atoms with E-state index in [1.165, 1.54) is 6.33 Å². The maximum Gasteiger partial charge on any atom is 0.154 e. The van der Waals surface area contributed by atoms with E-state index in [4.69, 9.17) is 11.6 Å². The number of aromatic nitrogens is 5. The van der Waals surface area contributed by atoms with Crippen LogP contribution in [0.25, 0.3) is 0 Å². The van der Waals surface area contributed by atoms with E-state index in [1.54, 1.807) is 6.33 Å². The zero-order valence-electron chi connectivity index (χ0n) is 11.4. The van der Waals surface area contributed by atoms with Gasteiger partial charge in [-0.3, -0.25) is 0 Å². The van der Waals surface area contributed by atoms with Crippen LogP contribution < -0.4 is 5.32 Å². The summed E-state index contributed by atoms with van der Waals surface area (Å²) in [4.78, 5) is 8.31. The predicted molar refractivity (Wildman–Crippen MR) is 74.2 cm³/mol. The highest BCUT2D eigenvalue weighted by Crippen LogP contribution is 2.29. The third kappa shape index (κ3) is 2.84. The van der Waals surface area contributed by atoms with Gasteiger partial charge in [-0.1, -0.05) is 25.4 Å². The molecule has 0 aliphatic rings. The molecule has 0 aromatic carbocycles. The van der Waals surface area contributed by atoms with Crippen molar-refractivity contribution in [3.05, 3.63) is 29.2 Å². The van der Waals surface area contributed by atoms with Gasteiger partial charge in [0.25, 0.3) is 0 Å². The molecule has 0 saturated carbocycles. The summed E-state index contributed by atoms with van der Waals surface area (Å²) in [7, 11) is 1.91. The van der Waals surface area contributed by atoms with E-state index in [1.807, 2.05) is 18.5 Å². The predicted octanol–water partition coefficient (Wildman–Crippen LogP) is 2.56. The molecule has 0 bridgehead atoms. The lowest BCUT2D eigenvalue weighted by atomic mass is 10.1. The summed E-state index contributed by atoms with van der Waals surface area (Å²) in [5, 5.41) is 11.8. The lowest BCUT2D eigenvalue weighted by Crippen LogP contribution is -2.15. The lowest BCUT2D eigenvalue weighted by Gasteiger charge is -2.18. The molecule has 0 amide bonds. The molecule has 7 heteroatoms. The van der Waals surface area contributed by atoms with E-state index >= 15 is 0 Å². The molecule has 1 atom stereocenters. The van der Waals surface area contributed by atoms with Crippen molar-refractivity contribution >= 4 is 17.4 Å². The first-order chi connectivity index (χ1) is 9.00. The number of hydrogen-bond acceptors (Lipinski definition) is 5. The van der Waals surface area contributed by atoms with Crippen LogP contribution in [0.5, 0.6) is 0 Å². The average molecular weight is 281 g/mol. The highest BCUT2D eigenvalue weighted by atomic mass is 35.5. The van der Waals surface area contributed by atoms with Gasteiger partial charge in [-0.15, -0.1) is 10.2 Å². The van der Waals surface area contributed by atoms with Crippen LogP contribution in [-0.2, 0) is 7.05 Å². The maximum absolute atomic E-state index is 6.14. The number of hydrogen-bond donors (Lipinski definition) is 1. The Hall–Kier alpha value is -1.69. The van der Waals surface area contributed by atoms with E-state index < -0.39 is 0 Å². The first-order valence-electron chi connectivity index (χ1n) is 6.11. The number of halogens is 1. The first-order valence-corrected chi connectivity index (χ1v) is 6.49. The monoisotopic (exact) mass is 280 g/mol. The number of nitrogens with one attached hydrogen (secondary N) is 1. The minimum atomic E-state index is -0.0176. The molecule has 0 saturated heterocycles. The van der Waals surface area contributed by atoms with Crippen molar-refractivity contribution in [2.75, 3.05) is 5.32 Å². The van der Waals surface area contributed by atoms with E-state index in [0.29, 0.717) is 5.15 Å². The molecule has 2 aromatic rings. The minimum Gasteiger partial charge on any atom is -0.360 e. The van der Waals surface area contributed by atoms with E-state index in [0.717, 1.165) is 17.2 Å². The Balaban J connectivity index is 2.29. The second kappa shape index (κ2) is 5.52. The Labute approximate surface area is 117 Å². The third-order valence-electron chi connectivity index (χ3n) is 2.90. The number of nitrogens with zero attached hydrogens (tertiary/aromatic N) is 5. The molecule has 0 aliphatic heterocycles. The number of aryl methyl sites for hydroxylation is 1. The zero-order valence-corrected chi connectivity index (χ0v) is 12.2. The second-order valence-corrected chi connectivity index (χ2v) is 5.11. The zero-order chi connectivity index (χ0) is 14.0. The second-order valence-electron chi connectivity index (χ2n) is 4.75. The van der Waals surface area contributed by atoms with Crippen LogP contribution in [0.3, 0.4) is 0 Å². The van der Waals surface area contributed by atoms with Crippen molar-refractivity contribution in [3.63, 3.8) is 0 Å². The van der Waals surface area contributed by atoms with Crippen molar-refractivity contribution < 1.29 is 0 Å². The summed E-state index contributed by atoms with van der Waals surface area (Å²) in [6, 6.07) is -0.0176. The highest BCUT2D eigenvalue weighted by molar-refractivity contribution is 6.30. The van der Waals surface area contributed by atoms with Crippen LogP contribution in [0.15, 0.2) is 12.7 Å². The lowest BCUT2D eigenvalue weighted by molar-refractivity contribution is 0.711. The van der Waals surface area contributed by atoms with Gasteiger partial charge in [-0.2, -0.15) is 0 Å². The fourth-order valence-corrected chi connectivity index (χ4v) is 2.31. The molecule has 2 heterocycles. The number of rotatable bonds is 4. The highest BCUT2D eigenvalue weighted by Gasteiger charge is 2.17. The van der Waals surface area contributed by atoms with Crippen LogP contribution in [-0.4, -0.2) is 24.7 Å². The molecule has 0 spiro atoms. The van der Waals surface area contributed by atoms with Crippen molar-refractivity contribution in [3.8, 4) is 0 Å². The summed E-state index contributed by atoms with van der Waals surface area (Å²) in [6.07, 6.45) is 3.13. The van der Waals surface area contributed by atoms with Gasteiger partial charge < -0.3 is 9.88 Å². The average Bonchev–Trinajstić information content (AvgIpc) is 2.75. The summed E-state index contributed by atoms with van der Waals surface area (Å²) >= 11 is 6.14. The maximum atomic E-state index is 6.14. The fourth-order valence-electron chi connectivity index (χ4n) is 1.95. The standard InChI is InChI=1S/C12H17ClN6/c1-7(2)9-10(13)14-5-15-11(9)17-8(3)12-18-16-6-19(12)4/h5-8H,1-4H3,(H,14,15,17). The van der Waals surface area contributed by atoms with Gasteiger partial charge in [0.15, 0.2) is 5.82 Å². The minimum absolute atomic E-state index is 0.0176. The molecule has 6 nitrogen and oxygen atoms in total. The molecule has 0 fully saturated rings. The normalized spacial score (nSPS) is 12.7. The van der Waals surface area contributed by atoms with E-state index in [9.17, 15) is 0 Å². The van der Waals surface area contributed by atoms with Crippen molar-refractivity contribution in [1.82, 2.24) is 24.7 Å². The Kier molecular flexibility index (Phi) is 3.99. The molecular formula is C12H17ClN6. The van der Waals surface area contributed by atoms with Crippen LogP contribution in [0, 0.1) is 0 Å². The molecule has 102 valence electrons. The molecule has 1 unspecified atom stereocenters. The van der Waals surface area contributed by atoms with E-state index in [2.05, 4.69) is 39.3 Å². The molecule has 0 aliphatic carbocycles. The van der Waals surface area contributed by atoms with Gasteiger partial charge in [0.2, 0.25) is 0 Å². The van der Waals surface area contributed by atoms with Crippen LogP contribution in [0.1, 0.15) is 44.1 Å². The van der Waals surface area contributed by atoms with Gasteiger partial charge in [0, 0.05) is 12.6 Å². The Bertz CT molecular complexity index is 565. The quantitative estimate of drug-likeness (QED) is 0.872.